The predicted octanol–water partition coefficient (Wildman–Crippen LogP) is 2.90. The smallest absolute Gasteiger partial charge is 0.338 e. The number of ether oxygens (including phenoxy) is 1. The van der Waals surface area contributed by atoms with Gasteiger partial charge in [0.05, 0.1) is 17.9 Å². The summed E-state index contributed by atoms with van der Waals surface area (Å²) >= 11 is 0. The minimum absolute atomic E-state index is 0.292. The molecule has 0 unspecified atom stereocenters. The van der Waals surface area contributed by atoms with Gasteiger partial charge in [-0.05, 0) is 43.3 Å². The molecule has 1 amide bonds. The van der Waals surface area contributed by atoms with Crippen LogP contribution in [0, 0.1) is 0 Å². The fourth-order valence-corrected chi connectivity index (χ4v) is 2.22. The van der Waals surface area contributed by atoms with Gasteiger partial charge in [-0.15, -0.1) is 0 Å². The van der Waals surface area contributed by atoms with Crippen molar-refractivity contribution in [3.05, 3.63) is 66.0 Å². The zero-order valence-corrected chi connectivity index (χ0v) is 13.5. The first-order valence-corrected chi connectivity index (χ1v) is 7.72. The van der Waals surface area contributed by atoms with E-state index in [-0.39, 0.29) is 5.91 Å². The highest BCUT2D eigenvalue weighted by Gasteiger charge is 2.13. The molecular weight excluding hydrogens is 320 g/mol. The number of amides is 1. The van der Waals surface area contributed by atoms with Crippen LogP contribution in [-0.4, -0.2) is 33.7 Å². The highest BCUT2D eigenvalue weighted by Crippen LogP contribution is 2.16. The summed E-state index contributed by atoms with van der Waals surface area (Å²) in [5, 5.41) is 9.51. The molecule has 0 bridgehead atoms. The molecule has 0 saturated heterocycles. The molecule has 0 saturated carbocycles. The van der Waals surface area contributed by atoms with Crippen LogP contribution in [0.15, 0.2) is 54.7 Å². The Balaban J connectivity index is 1.74. The van der Waals surface area contributed by atoms with E-state index >= 15 is 0 Å². The van der Waals surface area contributed by atoms with Crippen LogP contribution in [0.25, 0.3) is 11.4 Å². The van der Waals surface area contributed by atoms with Crippen molar-refractivity contribution in [2.45, 2.75) is 6.92 Å². The van der Waals surface area contributed by atoms with Gasteiger partial charge in [0, 0.05) is 11.9 Å². The minimum Gasteiger partial charge on any atom is -0.462 e. The number of nitrogens with one attached hydrogen (secondary N) is 2. The summed E-state index contributed by atoms with van der Waals surface area (Å²) in [4.78, 5) is 28.3. The number of pyridine rings is 1. The van der Waals surface area contributed by atoms with Crippen LogP contribution >= 0.6 is 0 Å². The van der Waals surface area contributed by atoms with E-state index in [1.54, 1.807) is 55.6 Å². The molecule has 2 aromatic heterocycles. The van der Waals surface area contributed by atoms with E-state index in [9.17, 15) is 9.59 Å². The van der Waals surface area contributed by atoms with Crippen molar-refractivity contribution in [3.8, 4) is 11.4 Å². The summed E-state index contributed by atoms with van der Waals surface area (Å²) in [5.41, 5.74) is 2.40. The Morgan fingerprint density at radius 2 is 2.00 bits per heavy atom. The third-order valence-electron chi connectivity index (χ3n) is 3.38. The highest BCUT2D eigenvalue weighted by molar-refractivity contribution is 6.04. The van der Waals surface area contributed by atoms with Crippen molar-refractivity contribution >= 4 is 17.6 Å². The third kappa shape index (κ3) is 3.89. The fraction of sp³-hybridized carbons (Fsp3) is 0.111. The number of rotatable bonds is 5. The quantitative estimate of drug-likeness (QED) is 0.698. The SMILES string of the molecule is CCOC(=O)c1cccc(NC(=O)c2cc(-c3ccccn3)n[nH]2)c1. The largest absolute Gasteiger partial charge is 0.462 e. The Morgan fingerprint density at radius 3 is 2.76 bits per heavy atom. The molecule has 126 valence electrons. The van der Waals surface area contributed by atoms with Crippen LogP contribution in [0.5, 0.6) is 0 Å². The second kappa shape index (κ2) is 7.39. The van der Waals surface area contributed by atoms with Crippen LogP contribution < -0.4 is 5.32 Å². The van der Waals surface area contributed by atoms with E-state index < -0.39 is 5.97 Å². The molecule has 3 aromatic rings. The molecule has 25 heavy (non-hydrogen) atoms. The lowest BCUT2D eigenvalue weighted by atomic mass is 10.2. The average molecular weight is 336 g/mol. The molecule has 2 heterocycles. The van der Waals surface area contributed by atoms with Gasteiger partial charge in [0.15, 0.2) is 0 Å². The third-order valence-corrected chi connectivity index (χ3v) is 3.38. The van der Waals surface area contributed by atoms with Crippen LogP contribution in [-0.2, 0) is 4.74 Å². The van der Waals surface area contributed by atoms with E-state index in [4.69, 9.17) is 4.74 Å². The highest BCUT2D eigenvalue weighted by atomic mass is 16.5. The van der Waals surface area contributed by atoms with Gasteiger partial charge >= 0.3 is 5.97 Å². The number of aromatic nitrogens is 3. The summed E-state index contributed by atoms with van der Waals surface area (Å²) in [6, 6.07) is 13.6. The number of benzene rings is 1. The van der Waals surface area contributed by atoms with Crippen molar-refractivity contribution in [2.75, 3.05) is 11.9 Å². The Bertz CT molecular complexity index is 890. The van der Waals surface area contributed by atoms with Gasteiger partial charge in [-0.25, -0.2) is 4.79 Å². The van der Waals surface area contributed by atoms with Crippen molar-refractivity contribution in [3.63, 3.8) is 0 Å². The average Bonchev–Trinajstić information content (AvgIpc) is 3.13. The molecule has 0 spiro atoms. The monoisotopic (exact) mass is 336 g/mol. The maximum Gasteiger partial charge on any atom is 0.338 e. The molecule has 0 radical (unpaired) electrons. The zero-order chi connectivity index (χ0) is 17.6. The predicted molar refractivity (Wildman–Crippen MR) is 92.2 cm³/mol. The number of hydrogen-bond donors (Lipinski definition) is 2. The fourth-order valence-electron chi connectivity index (χ4n) is 2.22. The standard InChI is InChI=1S/C18H16N4O3/c1-2-25-18(24)12-6-5-7-13(10-12)20-17(23)16-11-15(21-22-16)14-8-3-4-9-19-14/h3-11H,2H2,1H3,(H,20,23)(H,21,22). The minimum atomic E-state index is -0.433. The molecule has 0 atom stereocenters. The molecule has 0 aliphatic heterocycles. The number of carbonyl (C=O) groups is 2. The van der Waals surface area contributed by atoms with Crippen LogP contribution in [0.1, 0.15) is 27.8 Å². The van der Waals surface area contributed by atoms with Gasteiger partial charge in [0.2, 0.25) is 0 Å². The number of H-pyrrole nitrogens is 1. The number of hydrogen-bond acceptors (Lipinski definition) is 5. The molecule has 1 aromatic carbocycles. The molecule has 7 heteroatoms. The lowest BCUT2D eigenvalue weighted by molar-refractivity contribution is 0.0526. The molecule has 3 rings (SSSR count). The number of anilines is 1. The van der Waals surface area contributed by atoms with Gasteiger partial charge in [-0.3, -0.25) is 14.9 Å². The van der Waals surface area contributed by atoms with Crippen LogP contribution in [0.4, 0.5) is 5.69 Å². The Hall–Kier alpha value is -3.48. The normalized spacial score (nSPS) is 10.3. The number of esters is 1. The summed E-state index contributed by atoms with van der Waals surface area (Å²) in [6.07, 6.45) is 1.66. The lowest BCUT2D eigenvalue weighted by Crippen LogP contribution is -2.13. The summed E-state index contributed by atoms with van der Waals surface area (Å²) in [7, 11) is 0. The topological polar surface area (TPSA) is 97.0 Å². The van der Waals surface area contributed by atoms with Gasteiger partial charge in [0.1, 0.15) is 11.4 Å². The van der Waals surface area contributed by atoms with Gasteiger partial charge in [-0.1, -0.05) is 12.1 Å². The number of carbonyl (C=O) groups excluding carboxylic acids is 2. The first-order valence-electron chi connectivity index (χ1n) is 7.72. The van der Waals surface area contributed by atoms with Crippen molar-refractivity contribution in [1.29, 1.82) is 0 Å². The number of nitrogens with zero attached hydrogens (tertiary/aromatic N) is 2. The van der Waals surface area contributed by atoms with E-state index in [0.717, 1.165) is 0 Å². The Labute approximate surface area is 144 Å². The van der Waals surface area contributed by atoms with E-state index in [2.05, 4.69) is 20.5 Å². The molecule has 2 N–H and O–H groups in total. The molecule has 7 nitrogen and oxygen atoms in total. The lowest BCUT2D eigenvalue weighted by Gasteiger charge is -2.06. The first kappa shape index (κ1) is 16.4. The Morgan fingerprint density at radius 1 is 1.12 bits per heavy atom. The molecule has 0 aliphatic rings. The van der Waals surface area contributed by atoms with Gasteiger partial charge in [-0.2, -0.15) is 5.10 Å². The molecular formula is C18H16N4O3. The number of aromatic amines is 1. The van der Waals surface area contributed by atoms with Gasteiger partial charge in [0.25, 0.3) is 5.91 Å². The summed E-state index contributed by atoms with van der Waals surface area (Å²) in [5.74, 6) is -0.798. The van der Waals surface area contributed by atoms with E-state index in [1.165, 1.54) is 0 Å². The van der Waals surface area contributed by atoms with Crippen molar-refractivity contribution in [2.24, 2.45) is 0 Å². The van der Waals surface area contributed by atoms with E-state index in [1.807, 2.05) is 6.07 Å². The van der Waals surface area contributed by atoms with Crippen LogP contribution in [0.3, 0.4) is 0 Å². The maximum atomic E-state index is 12.3. The van der Waals surface area contributed by atoms with Crippen molar-refractivity contribution < 1.29 is 14.3 Å². The summed E-state index contributed by atoms with van der Waals surface area (Å²) in [6.45, 7) is 2.03. The van der Waals surface area contributed by atoms with Crippen LogP contribution in [0.2, 0.25) is 0 Å². The first-order chi connectivity index (χ1) is 12.2. The zero-order valence-electron chi connectivity index (χ0n) is 13.5. The second-order valence-corrected chi connectivity index (χ2v) is 5.14. The van der Waals surface area contributed by atoms with Gasteiger partial charge < -0.3 is 10.1 Å². The Kier molecular flexibility index (Phi) is 4.84. The van der Waals surface area contributed by atoms with E-state index in [0.29, 0.717) is 34.9 Å². The van der Waals surface area contributed by atoms with Crippen molar-refractivity contribution in [1.82, 2.24) is 15.2 Å². The second-order valence-electron chi connectivity index (χ2n) is 5.14. The maximum absolute atomic E-state index is 12.3. The molecule has 0 fully saturated rings. The molecule has 0 aliphatic carbocycles. The summed E-state index contributed by atoms with van der Waals surface area (Å²) < 4.78 is 4.95.